The first kappa shape index (κ1) is 13.2. The maximum Gasteiger partial charge on any atom is 0.122 e. The van der Waals surface area contributed by atoms with E-state index in [2.05, 4.69) is 22.0 Å². The standard InChI is InChI=1S/C14H18BrClO/c1-17-14-7-6-12(16)9-13(14)10-4-2-3-5-11(15)8-10/h6-7,9-11H,2-5,8H2,1H3. The predicted molar refractivity (Wildman–Crippen MR) is 76.5 cm³/mol. The zero-order chi connectivity index (χ0) is 12.3. The fraction of sp³-hybridized carbons (Fsp3) is 0.571. The van der Waals surface area contributed by atoms with Crippen molar-refractivity contribution in [2.45, 2.75) is 42.8 Å². The van der Waals surface area contributed by atoms with Gasteiger partial charge >= 0.3 is 0 Å². The molecule has 0 radical (unpaired) electrons. The number of rotatable bonds is 2. The van der Waals surface area contributed by atoms with Crippen molar-refractivity contribution in [1.29, 1.82) is 0 Å². The number of methoxy groups -OCH3 is 1. The Morgan fingerprint density at radius 1 is 1.29 bits per heavy atom. The van der Waals surface area contributed by atoms with Crippen LogP contribution in [-0.2, 0) is 0 Å². The Labute approximate surface area is 117 Å². The maximum atomic E-state index is 6.10. The van der Waals surface area contributed by atoms with Crippen molar-refractivity contribution in [3.63, 3.8) is 0 Å². The summed E-state index contributed by atoms with van der Waals surface area (Å²) in [5.74, 6) is 1.54. The summed E-state index contributed by atoms with van der Waals surface area (Å²) in [6.45, 7) is 0. The van der Waals surface area contributed by atoms with Gasteiger partial charge in [0.1, 0.15) is 5.75 Å². The first-order valence-corrected chi connectivity index (χ1v) is 7.47. The van der Waals surface area contributed by atoms with Crippen LogP contribution < -0.4 is 4.74 Å². The molecule has 0 heterocycles. The summed E-state index contributed by atoms with van der Waals surface area (Å²) in [6.07, 6.45) is 6.30. The molecule has 0 spiro atoms. The van der Waals surface area contributed by atoms with Gasteiger partial charge in [-0.1, -0.05) is 40.4 Å². The molecule has 0 bridgehead atoms. The lowest BCUT2D eigenvalue weighted by Crippen LogP contribution is -2.05. The lowest BCUT2D eigenvalue weighted by atomic mass is 9.91. The number of benzene rings is 1. The molecule has 3 heteroatoms. The zero-order valence-corrected chi connectivity index (χ0v) is 12.4. The fourth-order valence-corrected chi connectivity index (χ4v) is 3.56. The van der Waals surface area contributed by atoms with Crippen molar-refractivity contribution < 1.29 is 4.74 Å². The first-order chi connectivity index (χ1) is 8.20. The third-order valence-corrected chi connectivity index (χ3v) is 4.56. The van der Waals surface area contributed by atoms with E-state index in [1.807, 2.05) is 12.1 Å². The van der Waals surface area contributed by atoms with Gasteiger partial charge in [-0.2, -0.15) is 0 Å². The van der Waals surface area contributed by atoms with E-state index in [1.165, 1.54) is 37.7 Å². The third-order valence-electron chi connectivity index (χ3n) is 3.49. The summed E-state index contributed by atoms with van der Waals surface area (Å²) in [6, 6.07) is 5.94. The summed E-state index contributed by atoms with van der Waals surface area (Å²) in [5.41, 5.74) is 1.27. The van der Waals surface area contributed by atoms with Crippen molar-refractivity contribution in [2.24, 2.45) is 0 Å². The summed E-state index contributed by atoms with van der Waals surface area (Å²) >= 11 is 9.87. The van der Waals surface area contributed by atoms with E-state index in [1.54, 1.807) is 7.11 Å². The average molecular weight is 318 g/mol. The molecule has 17 heavy (non-hydrogen) atoms. The molecule has 0 amide bonds. The highest BCUT2D eigenvalue weighted by Crippen LogP contribution is 2.39. The van der Waals surface area contributed by atoms with Crippen LogP contribution in [0, 0.1) is 0 Å². The predicted octanol–water partition coefficient (Wildman–Crippen LogP) is 5.16. The van der Waals surface area contributed by atoms with Gasteiger partial charge in [-0.3, -0.25) is 0 Å². The first-order valence-electron chi connectivity index (χ1n) is 6.18. The second-order valence-corrected chi connectivity index (χ2v) is 6.43. The van der Waals surface area contributed by atoms with Crippen LogP contribution in [0.5, 0.6) is 5.75 Å². The van der Waals surface area contributed by atoms with Gasteiger partial charge in [0.25, 0.3) is 0 Å². The van der Waals surface area contributed by atoms with Crippen molar-refractivity contribution in [1.82, 2.24) is 0 Å². The number of alkyl halides is 1. The molecule has 1 aliphatic rings. The highest BCUT2D eigenvalue weighted by atomic mass is 79.9. The van der Waals surface area contributed by atoms with Gasteiger partial charge in [-0.15, -0.1) is 0 Å². The smallest absolute Gasteiger partial charge is 0.122 e. The fourth-order valence-electron chi connectivity index (χ4n) is 2.61. The Bertz CT molecular complexity index is 380. The molecule has 1 nitrogen and oxygen atoms in total. The van der Waals surface area contributed by atoms with E-state index >= 15 is 0 Å². The number of ether oxygens (including phenoxy) is 1. The van der Waals surface area contributed by atoms with Crippen LogP contribution in [0.4, 0.5) is 0 Å². The van der Waals surface area contributed by atoms with E-state index in [0.29, 0.717) is 10.7 Å². The van der Waals surface area contributed by atoms with Crippen LogP contribution >= 0.6 is 27.5 Å². The second-order valence-electron chi connectivity index (χ2n) is 4.70. The van der Waals surface area contributed by atoms with Gasteiger partial charge in [0, 0.05) is 9.85 Å². The summed E-state index contributed by atoms with van der Waals surface area (Å²) in [7, 11) is 1.73. The summed E-state index contributed by atoms with van der Waals surface area (Å²) < 4.78 is 5.46. The minimum absolute atomic E-state index is 0.565. The number of hydrogen-bond acceptors (Lipinski definition) is 1. The molecule has 2 unspecified atom stereocenters. The highest BCUT2D eigenvalue weighted by Gasteiger charge is 2.22. The van der Waals surface area contributed by atoms with Crippen molar-refractivity contribution in [3.8, 4) is 5.75 Å². The van der Waals surface area contributed by atoms with Crippen LogP contribution in [0.15, 0.2) is 18.2 Å². The molecule has 1 saturated carbocycles. The van der Waals surface area contributed by atoms with E-state index in [-0.39, 0.29) is 0 Å². The lowest BCUT2D eigenvalue weighted by molar-refractivity contribution is 0.402. The van der Waals surface area contributed by atoms with Gasteiger partial charge in [0.2, 0.25) is 0 Å². The van der Waals surface area contributed by atoms with Gasteiger partial charge in [-0.25, -0.2) is 0 Å². The summed E-state index contributed by atoms with van der Waals surface area (Å²) in [4.78, 5) is 0.624. The molecule has 0 aromatic heterocycles. The third kappa shape index (κ3) is 3.38. The van der Waals surface area contributed by atoms with Gasteiger partial charge in [-0.05, 0) is 48.9 Å². The van der Waals surface area contributed by atoms with Crippen LogP contribution in [0.1, 0.15) is 43.6 Å². The Kier molecular flexibility index (Phi) is 4.75. The molecule has 1 aromatic rings. The van der Waals surface area contributed by atoms with Crippen molar-refractivity contribution >= 4 is 27.5 Å². The average Bonchev–Trinajstić information content (AvgIpc) is 2.54. The van der Waals surface area contributed by atoms with E-state index in [0.717, 1.165) is 10.8 Å². The zero-order valence-electron chi connectivity index (χ0n) is 10.1. The molecule has 0 N–H and O–H groups in total. The van der Waals surface area contributed by atoms with Crippen molar-refractivity contribution in [3.05, 3.63) is 28.8 Å². The molecular weight excluding hydrogens is 300 g/mol. The second kappa shape index (κ2) is 6.10. The largest absolute Gasteiger partial charge is 0.496 e. The molecule has 2 rings (SSSR count). The van der Waals surface area contributed by atoms with Crippen LogP contribution in [-0.4, -0.2) is 11.9 Å². The van der Waals surface area contributed by atoms with E-state index in [9.17, 15) is 0 Å². The van der Waals surface area contributed by atoms with Crippen molar-refractivity contribution in [2.75, 3.05) is 7.11 Å². The molecule has 1 aliphatic carbocycles. The quantitative estimate of drug-likeness (QED) is 0.541. The molecule has 1 fully saturated rings. The molecular formula is C14H18BrClO. The molecule has 94 valence electrons. The lowest BCUT2D eigenvalue weighted by Gasteiger charge is -2.19. The summed E-state index contributed by atoms with van der Waals surface area (Å²) in [5, 5.41) is 0.802. The minimum atomic E-state index is 0.565. The van der Waals surface area contributed by atoms with E-state index in [4.69, 9.17) is 16.3 Å². The topological polar surface area (TPSA) is 9.23 Å². The SMILES string of the molecule is COc1ccc(Cl)cc1C1CCCCC(Br)C1. The minimum Gasteiger partial charge on any atom is -0.496 e. The highest BCUT2D eigenvalue weighted by molar-refractivity contribution is 9.09. The Hall–Kier alpha value is -0.210. The van der Waals surface area contributed by atoms with Gasteiger partial charge < -0.3 is 4.74 Å². The molecule has 0 saturated heterocycles. The Morgan fingerprint density at radius 3 is 2.82 bits per heavy atom. The molecule has 2 atom stereocenters. The van der Waals surface area contributed by atoms with Crippen LogP contribution in [0.25, 0.3) is 0 Å². The number of hydrogen-bond donors (Lipinski definition) is 0. The monoisotopic (exact) mass is 316 g/mol. The Balaban J connectivity index is 2.27. The molecule has 0 aliphatic heterocycles. The normalized spacial score (nSPS) is 25.4. The molecule has 1 aromatic carbocycles. The van der Waals surface area contributed by atoms with Gasteiger partial charge in [0.15, 0.2) is 0 Å². The maximum absolute atomic E-state index is 6.10. The van der Waals surface area contributed by atoms with Gasteiger partial charge in [0.05, 0.1) is 7.11 Å². The van der Waals surface area contributed by atoms with Crippen LogP contribution in [0.3, 0.4) is 0 Å². The van der Waals surface area contributed by atoms with E-state index < -0.39 is 0 Å². The van der Waals surface area contributed by atoms with Crippen LogP contribution in [0.2, 0.25) is 5.02 Å². The number of halogens is 2. The Morgan fingerprint density at radius 2 is 2.06 bits per heavy atom.